The molecule has 0 radical (unpaired) electrons. The molecule has 2 aromatic rings. The fraction of sp³-hybridized carbons (Fsp3) is 0.333. The molecule has 25 heavy (non-hydrogen) atoms. The maximum atomic E-state index is 8.85. The highest BCUT2D eigenvalue weighted by Crippen LogP contribution is 2.37. The van der Waals surface area contributed by atoms with E-state index < -0.39 is 0 Å². The third kappa shape index (κ3) is 7.04. The zero-order chi connectivity index (χ0) is 17.4. The van der Waals surface area contributed by atoms with Gasteiger partial charge in [-0.2, -0.15) is 0 Å². The van der Waals surface area contributed by atoms with Crippen molar-refractivity contribution in [2.24, 2.45) is 0 Å². The Balaban J connectivity index is 0.00000312. The van der Waals surface area contributed by atoms with E-state index in [1.54, 1.807) is 0 Å². The Hall–Kier alpha value is -0.980. The van der Waals surface area contributed by atoms with Gasteiger partial charge in [-0.05, 0) is 58.2 Å². The Morgan fingerprint density at radius 2 is 1.84 bits per heavy atom. The number of halogens is 3. The predicted molar refractivity (Wildman–Crippen MR) is 99.9 cm³/mol. The third-order valence-corrected chi connectivity index (χ3v) is 4.12. The van der Waals surface area contributed by atoms with E-state index in [1.165, 1.54) is 0 Å². The topological polar surface area (TPSA) is 50.7 Å². The molecule has 0 aromatic heterocycles. The second-order valence-corrected chi connectivity index (χ2v) is 6.44. The molecular weight excluding hydrogens is 429 g/mol. The standard InChI is InChI=1S/C18H21BrClNO3.ClH/c1-2-23-17-10-14(11-21-7-8-22)9-16(19)18(17)24-12-13-3-5-15(20)6-4-13;/h3-6,9-10,21-22H,2,7-8,11-12H2,1H3;1H/p-1. The lowest BCUT2D eigenvalue weighted by atomic mass is 10.2. The van der Waals surface area contributed by atoms with E-state index in [0.29, 0.717) is 42.8 Å². The van der Waals surface area contributed by atoms with Crippen LogP contribution >= 0.6 is 27.5 Å². The van der Waals surface area contributed by atoms with Gasteiger partial charge in [-0.15, -0.1) is 0 Å². The van der Waals surface area contributed by atoms with Crippen LogP contribution in [0, 0.1) is 0 Å². The van der Waals surface area contributed by atoms with Crippen LogP contribution in [0.5, 0.6) is 11.5 Å². The van der Waals surface area contributed by atoms with Crippen LogP contribution in [0.2, 0.25) is 5.02 Å². The van der Waals surface area contributed by atoms with Crippen molar-refractivity contribution >= 4 is 27.5 Å². The Bertz CT molecular complexity index is 654. The monoisotopic (exact) mass is 448 g/mol. The van der Waals surface area contributed by atoms with E-state index in [9.17, 15) is 0 Å². The second kappa shape index (κ2) is 11.6. The lowest BCUT2D eigenvalue weighted by molar-refractivity contribution is -0.00000655. The molecule has 2 aromatic carbocycles. The average molecular weight is 450 g/mol. The first-order valence-electron chi connectivity index (χ1n) is 7.78. The van der Waals surface area contributed by atoms with E-state index in [-0.39, 0.29) is 19.0 Å². The van der Waals surface area contributed by atoms with Gasteiger partial charge in [0, 0.05) is 18.1 Å². The number of hydrogen-bond acceptors (Lipinski definition) is 4. The number of hydrogen-bond donors (Lipinski definition) is 2. The largest absolute Gasteiger partial charge is 1.00 e. The maximum Gasteiger partial charge on any atom is 0.175 e. The number of ether oxygens (including phenoxy) is 2. The molecule has 0 bridgehead atoms. The Morgan fingerprint density at radius 3 is 2.48 bits per heavy atom. The summed E-state index contributed by atoms with van der Waals surface area (Å²) in [5.74, 6) is 1.37. The molecule has 0 spiro atoms. The summed E-state index contributed by atoms with van der Waals surface area (Å²) in [7, 11) is 0. The summed E-state index contributed by atoms with van der Waals surface area (Å²) in [6, 6.07) is 11.5. The summed E-state index contributed by atoms with van der Waals surface area (Å²) in [4.78, 5) is 0. The average Bonchev–Trinajstić information content (AvgIpc) is 2.56. The molecule has 138 valence electrons. The van der Waals surface area contributed by atoms with Gasteiger partial charge in [0.05, 0.1) is 17.7 Å². The summed E-state index contributed by atoms with van der Waals surface area (Å²) < 4.78 is 12.5. The number of aliphatic hydroxyl groups is 1. The van der Waals surface area contributed by atoms with Crippen molar-refractivity contribution in [1.82, 2.24) is 5.32 Å². The first kappa shape index (κ1) is 22.1. The lowest BCUT2D eigenvalue weighted by Gasteiger charge is -2.16. The minimum absolute atomic E-state index is 0. The Morgan fingerprint density at radius 1 is 1.12 bits per heavy atom. The molecule has 0 saturated heterocycles. The van der Waals surface area contributed by atoms with Gasteiger partial charge in [0.25, 0.3) is 0 Å². The summed E-state index contributed by atoms with van der Waals surface area (Å²) >= 11 is 9.46. The van der Waals surface area contributed by atoms with Crippen LogP contribution in [0.1, 0.15) is 18.1 Å². The molecule has 0 atom stereocenters. The second-order valence-electron chi connectivity index (χ2n) is 5.15. The van der Waals surface area contributed by atoms with Crippen molar-refractivity contribution in [1.29, 1.82) is 0 Å². The number of nitrogens with one attached hydrogen (secondary N) is 1. The summed E-state index contributed by atoms with van der Waals surface area (Å²) in [5.41, 5.74) is 2.08. The van der Waals surface area contributed by atoms with Gasteiger partial charge in [-0.3, -0.25) is 0 Å². The molecule has 2 rings (SSSR count). The van der Waals surface area contributed by atoms with Crippen LogP contribution in [0.15, 0.2) is 40.9 Å². The highest BCUT2D eigenvalue weighted by atomic mass is 79.9. The van der Waals surface area contributed by atoms with E-state index in [1.807, 2.05) is 43.3 Å². The highest BCUT2D eigenvalue weighted by molar-refractivity contribution is 9.10. The van der Waals surface area contributed by atoms with Gasteiger partial charge in [0.15, 0.2) is 11.5 Å². The first-order valence-corrected chi connectivity index (χ1v) is 8.95. The van der Waals surface area contributed by atoms with Gasteiger partial charge in [-0.1, -0.05) is 23.7 Å². The van der Waals surface area contributed by atoms with Crippen LogP contribution < -0.4 is 27.2 Å². The molecule has 0 aliphatic carbocycles. The molecule has 0 unspecified atom stereocenters. The van der Waals surface area contributed by atoms with Crippen LogP contribution in [0.4, 0.5) is 0 Å². The smallest absolute Gasteiger partial charge is 0.175 e. The molecular formula is C18H21BrCl2NO3-. The summed E-state index contributed by atoms with van der Waals surface area (Å²) in [6.07, 6.45) is 0. The minimum Gasteiger partial charge on any atom is -1.00 e. The number of aliphatic hydroxyl groups excluding tert-OH is 1. The third-order valence-electron chi connectivity index (χ3n) is 3.28. The lowest BCUT2D eigenvalue weighted by Crippen LogP contribution is -3.00. The molecule has 0 fully saturated rings. The van der Waals surface area contributed by atoms with Gasteiger partial charge in [0.2, 0.25) is 0 Å². The molecule has 4 nitrogen and oxygen atoms in total. The van der Waals surface area contributed by atoms with Crippen LogP contribution in [-0.2, 0) is 13.2 Å². The van der Waals surface area contributed by atoms with Crippen LogP contribution in [0.25, 0.3) is 0 Å². The molecule has 7 heteroatoms. The summed E-state index contributed by atoms with van der Waals surface area (Å²) in [6.45, 7) is 4.23. The molecule has 0 saturated carbocycles. The van der Waals surface area contributed by atoms with E-state index in [0.717, 1.165) is 15.6 Å². The maximum absolute atomic E-state index is 8.85. The molecule has 2 N–H and O–H groups in total. The van der Waals surface area contributed by atoms with Crippen molar-refractivity contribution in [3.05, 3.63) is 57.0 Å². The highest BCUT2D eigenvalue weighted by Gasteiger charge is 2.12. The van der Waals surface area contributed by atoms with Crippen molar-refractivity contribution in [3.8, 4) is 11.5 Å². The van der Waals surface area contributed by atoms with Gasteiger partial charge in [0.1, 0.15) is 6.61 Å². The van der Waals surface area contributed by atoms with Crippen molar-refractivity contribution in [3.63, 3.8) is 0 Å². The molecule has 0 amide bonds. The summed E-state index contributed by atoms with van der Waals surface area (Å²) in [5, 5.41) is 12.7. The predicted octanol–water partition coefficient (Wildman–Crippen LogP) is 1.17. The first-order chi connectivity index (χ1) is 11.6. The van der Waals surface area contributed by atoms with Gasteiger partial charge in [-0.25, -0.2) is 0 Å². The molecule has 0 aliphatic rings. The van der Waals surface area contributed by atoms with Crippen molar-refractivity contribution in [2.45, 2.75) is 20.1 Å². The zero-order valence-corrected chi connectivity index (χ0v) is 17.0. The van der Waals surface area contributed by atoms with E-state index >= 15 is 0 Å². The minimum atomic E-state index is 0. The zero-order valence-electron chi connectivity index (χ0n) is 13.9. The fourth-order valence-corrected chi connectivity index (χ4v) is 2.90. The van der Waals surface area contributed by atoms with Gasteiger partial charge >= 0.3 is 0 Å². The quantitative estimate of drug-likeness (QED) is 0.564. The van der Waals surface area contributed by atoms with E-state index in [2.05, 4.69) is 21.2 Å². The van der Waals surface area contributed by atoms with Gasteiger partial charge < -0.3 is 32.3 Å². The van der Waals surface area contributed by atoms with Crippen LogP contribution in [0.3, 0.4) is 0 Å². The Labute approximate surface area is 168 Å². The number of rotatable bonds is 9. The van der Waals surface area contributed by atoms with E-state index in [4.69, 9.17) is 26.2 Å². The molecule has 0 heterocycles. The Kier molecular flexibility index (Phi) is 10.2. The fourth-order valence-electron chi connectivity index (χ4n) is 2.17. The van der Waals surface area contributed by atoms with Crippen LogP contribution in [-0.4, -0.2) is 24.9 Å². The van der Waals surface area contributed by atoms with Crippen molar-refractivity contribution in [2.75, 3.05) is 19.8 Å². The number of benzene rings is 2. The molecule has 0 aliphatic heterocycles. The SMILES string of the molecule is CCOc1cc(CNCCO)cc(Br)c1OCc1ccc(Cl)cc1.[Cl-]. The van der Waals surface area contributed by atoms with Crippen molar-refractivity contribution < 1.29 is 27.0 Å². The normalized spacial score (nSPS) is 10.2.